The van der Waals surface area contributed by atoms with Gasteiger partial charge >= 0.3 is 0 Å². The highest BCUT2D eigenvalue weighted by atomic mass is 35.5. The number of aromatic nitrogens is 4. The molecule has 3 aliphatic rings. The quantitative estimate of drug-likeness (QED) is 0.243. The SMILES string of the molecule is CC(C)(C)CNc1c(C#N)cnc2c(Cl)cc(NC(c3ccc(Cl)cc3)c3cn(C45CCN(CC4)CC5)nn3)cc12. The fourth-order valence-electron chi connectivity index (χ4n) is 5.92. The van der Waals surface area contributed by atoms with E-state index in [4.69, 9.17) is 23.2 Å². The number of nitrogens with one attached hydrogen (secondary N) is 2. The molecule has 2 aromatic carbocycles. The lowest BCUT2D eigenvalue weighted by Crippen LogP contribution is -2.53. The predicted octanol–water partition coefficient (Wildman–Crippen LogP) is 6.86. The Balaban J connectivity index is 1.40. The van der Waals surface area contributed by atoms with Gasteiger partial charge in [0.1, 0.15) is 11.8 Å². The number of anilines is 2. The van der Waals surface area contributed by atoms with E-state index in [-0.39, 0.29) is 17.0 Å². The van der Waals surface area contributed by atoms with E-state index in [1.54, 1.807) is 6.20 Å². The molecule has 0 aliphatic carbocycles. The second kappa shape index (κ2) is 10.8. The second-order valence-corrected chi connectivity index (χ2v) is 13.3. The molecular weight excluding hydrogens is 555 g/mol. The third kappa shape index (κ3) is 5.59. The molecule has 10 heteroatoms. The van der Waals surface area contributed by atoms with Crippen molar-refractivity contribution in [2.45, 2.75) is 51.6 Å². The van der Waals surface area contributed by atoms with E-state index in [9.17, 15) is 5.26 Å². The molecule has 212 valence electrons. The van der Waals surface area contributed by atoms with Crippen molar-refractivity contribution in [3.8, 4) is 6.07 Å². The summed E-state index contributed by atoms with van der Waals surface area (Å²) in [4.78, 5) is 7.04. The zero-order chi connectivity index (χ0) is 28.8. The first-order valence-corrected chi connectivity index (χ1v) is 14.8. The third-order valence-electron chi connectivity index (χ3n) is 8.33. The Morgan fingerprint density at radius 3 is 2.44 bits per heavy atom. The average Bonchev–Trinajstić information content (AvgIpc) is 3.47. The van der Waals surface area contributed by atoms with Crippen LogP contribution in [0.15, 0.2) is 48.8 Å². The van der Waals surface area contributed by atoms with Gasteiger partial charge in [-0.1, -0.05) is 61.3 Å². The molecule has 0 amide bonds. The number of nitriles is 1. The summed E-state index contributed by atoms with van der Waals surface area (Å²) in [5, 5.41) is 28.3. The van der Waals surface area contributed by atoms with E-state index >= 15 is 0 Å². The molecule has 2 bridgehead atoms. The van der Waals surface area contributed by atoms with E-state index in [0.29, 0.717) is 27.7 Å². The van der Waals surface area contributed by atoms with Crippen LogP contribution >= 0.6 is 23.2 Å². The normalized spacial score (nSPS) is 21.0. The van der Waals surface area contributed by atoms with E-state index in [2.05, 4.69) is 68.5 Å². The van der Waals surface area contributed by atoms with Gasteiger partial charge in [0.2, 0.25) is 0 Å². The topological polar surface area (TPSA) is 94.7 Å². The van der Waals surface area contributed by atoms with Crippen LogP contribution in [-0.2, 0) is 5.54 Å². The Morgan fingerprint density at radius 2 is 1.78 bits per heavy atom. The van der Waals surface area contributed by atoms with E-state index in [1.807, 2.05) is 36.4 Å². The number of piperidine rings is 3. The molecule has 5 heterocycles. The van der Waals surface area contributed by atoms with Crippen LogP contribution in [0.5, 0.6) is 0 Å². The summed E-state index contributed by atoms with van der Waals surface area (Å²) in [6.45, 7) is 10.4. The highest BCUT2D eigenvalue weighted by Gasteiger charge is 2.42. The summed E-state index contributed by atoms with van der Waals surface area (Å²) >= 11 is 13.0. The van der Waals surface area contributed by atoms with Gasteiger partial charge in [0, 0.05) is 48.5 Å². The maximum atomic E-state index is 9.86. The Kier molecular flexibility index (Phi) is 7.31. The molecule has 7 rings (SSSR count). The zero-order valence-corrected chi connectivity index (χ0v) is 25.1. The number of hydrogen-bond acceptors (Lipinski definition) is 7. The second-order valence-electron chi connectivity index (χ2n) is 12.5. The summed E-state index contributed by atoms with van der Waals surface area (Å²) in [6.07, 6.45) is 6.95. The Labute approximate surface area is 250 Å². The van der Waals surface area contributed by atoms with Crippen molar-refractivity contribution in [3.63, 3.8) is 0 Å². The van der Waals surface area contributed by atoms with Gasteiger partial charge in [-0.3, -0.25) is 4.98 Å². The molecular formula is C31H34Cl2N8. The van der Waals surface area contributed by atoms with Gasteiger partial charge in [0.05, 0.1) is 39.6 Å². The maximum Gasteiger partial charge on any atom is 0.109 e. The molecule has 0 radical (unpaired) electrons. The van der Waals surface area contributed by atoms with Crippen molar-refractivity contribution in [1.82, 2.24) is 24.9 Å². The Hall–Kier alpha value is -3.38. The fourth-order valence-corrected chi connectivity index (χ4v) is 6.31. The molecule has 2 aromatic heterocycles. The number of hydrogen-bond donors (Lipinski definition) is 2. The number of rotatable bonds is 7. The van der Waals surface area contributed by atoms with Crippen molar-refractivity contribution in [2.75, 3.05) is 36.8 Å². The molecule has 3 aliphatic heterocycles. The summed E-state index contributed by atoms with van der Waals surface area (Å²) in [5.41, 5.74) is 4.51. The number of pyridine rings is 1. The van der Waals surface area contributed by atoms with Gasteiger partial charge in [-0.15, -0.1) is 5.10 Å². The van der Waals surface area contributed by atoms with Crippen molar-refractivity contribution in [3.05, 3.63) is 75.7 Å². The van der Waals surface area contributed by atoms with Crippen LogP contribution in [0.4, 0.5) is 11.4 Å². The van der Waals surface area contributed by atoms with Gasteiger partial charge in [0.25, 0.3) is 0 Å². The van der Waals surface area contributed by atoms with Crippen LogP contribution in [0.2, 0.25) is 10.0 Å². The number of nitrogens with zero attached hydrogens (tertiary/aromatic N) is 6. The van der Waals surface area contributed by atoms with Gasteiger partial charge in [-0.2, -0.15) is 5.26 Å². The minimum absolute atomic E-state index is 0.0158. The lowest BCUT2D eigenvalue weighted by Gasteiger charge is -2.48. The van der Waals surface area contributed by atoms with Gasteiger partial charge in [-0.05, 0) is 54.5 Å². The monoisotopic (exact) mass is 588 g/mol. The Bertz CT molecular complexity index is 1590. The molecule has 3 fully saturated rings. The highest BCUT2D eigenvalue weighted by molar-refractivity contribution is 6.36. The molecule has 4 aromatic rings. The largest absolute Gasteiger partial charge is 0.383 e. The smallest absolute Gasteiger partial charge is 0.109 e. The van der Waals surface area contributed by atoms with E-state index in [1.165, 1.54) is 0 Å². The number of halogens is 2. The first kappa shape index (κ1) is 27.8. The van der Waals surface area contributed by atoms with E-state index in [0.717, 1.165) is 66.9 Å². The first-order chi connectivity index (χ1) is 19.6. The van der Waals surface area contributed by atoms with Gasteiger partial charge in [-0.25, -0.2) is 4.68 Å². The van der Waals surface area contributed by atoms with Crippen LogP contribution < -0.4 is 10.6 Å². The number of benzene rings is 2. The van der Waals surface area contributed by atoms with E-state index < -0.39 is 0 Å². The average molecular weight is 590 g/mol. The lowest BCUT2D eigenvalue weighted by molar-refractivity contribution is 0.0252. The van der Waals surface area contributed by atoms with Gasteiger partial charge in [0.15, 0.2) is 0 Å². The molecule has 41 heavy (non-hydrogen) atoms. The molecule has 0 spiro atoms. The third-order valence-corrected chi connectivity index (χ3v) is 8.87. The minimum Gasteiger partial charge on any atom is -0.383 e. The van der Waals surface area contributed by atoms with Crippen molar-refractivity contribution < 1.29 is 0 Å². The molecule has 0 saturated carbocycles. The van der Waals surface area contributed by atoms with Crippen LogP contribution in [-0.4, -0.2) is 51.1 Å². The maximum absolute atomic E-state index is 9.86. The molecule has 1 unspecified atom stereocenters. The summed E-state index contributed by atoms with van der Waals surface area (Å²) in [5.74, 6) is 0. The zero-order valence-electron chi connectivity index (χ0n) is 23.6. The molecule has 2 N–H and O–H groups in total. The molecule has 3 saturated heterocycles. The fraction of sp³-hybridized carbons (Fsp3) is 0.419. The van der Waals surface area contributed by atoms with Crippen molar-refractivity contribution in [1.29, 1.82) is 5.26 Å². The molecule has 1 atom stereocenters. The predicted molar refractivity (Wildman–Crippen MR) is 165 cm³/mol. The van der Waals surface area contributed by atoms with Crippen LogP contribution in [0, 0.1) is 16.7 Å². The standard InChI is InChI=1S/C31H34Cl2N8/c1-30(2,3)19-36-27-21(16-34)17-35-29-24(27)14-23(15-25(29)33)37-28(20-4-6-22(32)7-5-20)26-18-41(39-38-26)31-8-11-40(12-9-31)13-10-31/h4-7,14-15,17-18,28,37H,8-13,19H2,1-3H3,(H,35,36). The summed E-state index contributed by atoms with van der Waals surface area (Å²) in [7, 11) is 0. The number of fused-ring (bicyclic) bond motifs is 4. The lowest BCUT2D eigenvalue weighted by atomic mass is 9.80. The molecule has 8 nitrogen and oxygen atoms in total. The Morgan fingerprint density at radius 1 is 1.07 bits per heavy atom. The van der Waals surface area contributed by atoms with Crippen LogP contribution in [0.25, 0.3) is 10.9 Å². The van der Waals surface area contributed by atoms with Gasteiger partial charge < -0.3 is 15.5 Å². The summed E-state index contributed by atoms with van der Waals surface area (Å²) in [6, 6.07) is 13.6. The summed E-state index contributed by atoms with van der Waals surface area (Å²) < 4.78 is 2.11. The van der Waals surface area contributed by atoms with Crippen molar-refractivity contribution >= 4 is 45.5 Å². The van der Waals surface area contributed by atoms with Crippen LogP contribution in [0.1, 0.15) is 62.9 Å². The first-order valence-electron chi connectivity index (χ1n) is 14.1. The van der Waals surface area contributed by atoms with Crippen LogP contribution in [0.3, 0.4) is 0 Å². The van der Waals surface area contributed by atoms with Crippen molar-refractivity contribution in [2.24, 2.45) is 5.41 Å². The minimum atomic E-state index is -0.298. The highest BCUT2D eigenvalue weighted by Crippen LogP contribution is 2.39.